The molecular formula is C14H20NP. The van der Waals surface area contributed by atoms with Crippen LogP contribution in [-0.2, 0) is 6.42 Å². The lowest BCUT2D eigenvalue weighted by Crippen LogP contribution is -2.37. The minimum absolute atomic E-state index is 0.473. The molecule has 0 heterocycles. The molecule has 0 amide bonds. The molecule has 16 heavy (non-hydrogen) atoms. The van der Waals surface area contributed by atoms with Crippen LogP contribution in [-0.4, -0.2) is 30.2 Å². The molecule has 0 radical (unpaired) electrons. The van der Waals surface area contributed by atoms with Gasteiger partial charge in [-0.25, -0.2) is 0 Å². The summed E-state index contributed by atoms with van der Waals surface area (Å²) in [7, 11) is 5.01. The van der Waals surface area contributed by atoms with Gasteiger partial charge in [-0.2, -0.15) is 0 Å². The molecule has 0 saturated carbocycles. The summed E-state index contributed by atoms with van der Waals surface area (Å²) in [5, 5.41) is 0. The fourth-order valence-electron chi connectivity index (χ4n) is 1.67. The second-order valence-electron chi connectivity index (χ2n) is 4.21. The molecule has 1 aromatic rings. The van der Waals surface area contributed by atoms with Crippen LogP contribution in [0.15, 0.2) is 30.3 Å². The zero-order chi connectivity index (χ0) is 12.0. The standard InChI is InChI=1S/C14H20NP/c1-4-10-15(3)12(2)14(16)11-13-8-6-5-7-9-13/h1,5-9,12,14H,10-11,16H2,2-3H3. The first kappa shape index (κ1) is 13.2. The molecule has 0 aliphatic heterocycles. The highest BCUT2D eigenvalue weighted by molar-refractivity contribution is 7.17. The minimum atomic E-state index is 0.473. The van der Waals surface area contributed by atoms with Crippen LogP contribution in [0.1, 0.15) is 12.5 Å². The Morgan fingerprint density at radius 1 is 1.38 bits per heavy atom. The van der Waals surface area contributed by atoms with Crippen LogP contribution in [0.2, 0.25) is 0 Å². The molecule has 0 N–H and O–H groups in total. The molecular weight excluding hydrogens is 213 g/mol. The Morgan fingerprint density at radius 2 is 2.00 bits per heavy atom. The topological polar surface area (TPSA) is 3.24 Å². The molecule has 0 aromatic heterocycles. The summed E-state index contributed by atoms with van der Waals surface area (Å²) >= 11 is 0. The van der Waals surface area contributed by atoms with Crippen molar-refractivity contribution in [3.8, 4) is 12.3 Å². The molecule has 0 spiro atoms. The number of rotatable bonds is 5. The van der Waals surface area contributed by atoms with E-state index in [9.17, 15) is 0 Å². The van der Waals surface area contributed by atoms with Gasteiger partial charge in [0.05, 0.1) is 6.54 Å². The van der Waals surface area contributed by atoms with E-state index in [2.05, 4.69) is 64.4 Å². The zero-order valence-corrected chi connectivity index (χ0v) is 11.2. The summed E-state index contributed by atoms with van der Waals surface area (Å²) in [6.07, 6.45) is 6.39. The normalized spacial score (nSPS) is 14.4. The average Bonchev–Trinajstić information content (AvgIpc) is 2.29. The molecule has 0 bridgehead atoms. The van der Waals surface area contributed by atoms with Crippen molar-refractivity contribution in [3.63, 3.8) is 0 Å². The van der Waals surface area contributed by atoms with Gasteiger partial charge in [0.2, 0.25) is 0 Å². The van der Waals surface area contributed by atoms with Gasteiger partial charge in [0.1, 0.15) is 0 Å². The maximum atomic E-state index is 5.32. The lowest BCUT2D eigenvalue weighted by atomic mass is 10.0. The van der Waals surface area contributed by atoms with Crippen LogP contribution in [0.5, 0.6) is 0 Å². The smallest absolute Gasteiger partial charge is 0.0598 e. The number of benzene rings is 1. The second-order valence-corrected chi connectivity index (χ2v) is 5.07. The van der Waals surface area contributed by atoms with Gasteiger partial charge < -0.3 is 0 Å². The van der Waals surface area contributed by atoms with Crippen molar-refractivity contribution in [1.29, 1.82) is 0 Å². The zero-order valence-electron chi connectivity index (χ0n) is 10.1. The van der Waals surface area contributed by atoms with Gasteiger partial charge in [-0.15, -0.1) is 15.7 Å². The Hall–Kier alpha value is -0.830. The van der Waals surface area contributed by atoms with Gasteiger partial charge >= 0.3 is 0 Å². The molecule has 0 fully saturated rings. The van der Waals surface area contributed by atoms with E-state index in [4.69, 9.17) is 6.42 Å². The first-order valence-electron chi connectivity index (χ1n) is 5.58. The second kappa shape index (κ2) is 6.69. The van der Waals surface area contributed by atoms with E-state index in [1.807, 2.05) is 0 Å². The van der Waals surface area contributed by atoms with Crippen molar-refractivity contribution in [2.24, 2.45) is 0 Å². The number of terminal acetylenes is 1. The third-order valence-electron chi connectivity index (χ3n) is 2.97. The van der Waals surface area contributed by atoms with E-state index >= 15 is 0 Å². The first-order chi connectivity index (χ1) is 7.65. The van der Waals surface area contributed by atoms with Crippen molar-refractivity contribution in [2.45, 2.75) is 25.0 Å². The van der Waals surface area contributed by atoms with Crippen molar-refractivity contribution < 1.29 is 0 Å². The fraction of sp³-hybridized carbons (Fsp3) is 0.429. The van der Waals surface area contributed by atoms with E-state index < -0.39 is 0 Å². The largest absolute Gasteiger partial charge is 0.292 e. The third-order valence-corrected chi connectivity index (χ3v) is 3.76. The third kappa shape index (κ3) is 3.97. The van der Waals surface area contributed by atoms with E-state index in [0.717, 1.165) is 6.42 Å². The van der Waals surface area contributed by atoms with E-state index in [-0.39, 0.29) is 0 Å². The van der Waals surface area contributed by atoms with Gasteiger partial charge in [-0.3, -0.25) is 4.90 Å². The SMILES string of the molecule is C#CCN(C)C(C)C(P)Cc1ccccc1. The number of hydrogen-bond donors (Lipinski definition) is 0. The van der Waals surface area contributed by atoms with Crippen LogP contribution >= 0.6 is 9.24 Å². The van der Waals surface area contributed by atoms with Crippen LogP contribution < -0.4 is 0 Å². The van der Waals surface area contributed by atoms with Crippen molar-refractivity contribution in [1.82, 2.24) is 4.90 Å². The van der Waals surface area contributed by atoms with E-state index in [1.54, 1.807) is 0 Å². The maximum absolute atomic E-state index is 5.32. The first-order valence-corrected chi connectivity index (χ1v) is 6.25. The quantitative estimate of drug-likeness (QED) is 0.557. The summed E-state index contributed by atoms with van der Waals surface area (Å²) in [5.41, 5.74) is 1.91. The lowest BCUT2D eigenvalue weighted by Gasteiger charge is -2.28. The molecule has 1 nitrogen and oxygen atoms in total. The Bertz CT molecular complexity index is 342. The molecule has 0 saturated heterocycles. The number of hydrogen-bond acceptors (Lipinski definition) is 1. The van der Waals surface area contributed by atoms with Gasteiger partial charge in [-0.05, 0) is 31.6 Å². The van der Waals surface area contributed by atoms with Crippen LogP contribution in [0.25, 0.3) is 0 Å². The molecule has 1 rings (SSSR count). The lowest BCUT2D eigenvalue weighted by molar-refractivity contribution is 0.281. The molecule has 2 heteroatoms. The Balaban J connectivity index is 2.52. The Morgan fingerprint density at radius 3 is 2.56 bits per heavy atom. The molecule has 0 aliphatic carbocycles. The summed E-state index contributed by atoms with van der Waals surface area (Å²) in [4.78, 5) is 2.21. The fourth-order valence-corrected chi connectivity index (χ4v) is 2.24. The molecule has 86 valence electrons. The molecule has 1 aromatic carbocycles. The highest BCUT2D eigenvalue weighted by Gasteiger charge is 2.16. The summed E-state index contributed by atoms with van der Waals surface area (Å²) in [6.45, 7) is 2.93. The predicted octanol–water partition coefficient (Wildman–Crippen LogP) is 2.43. The van der Waals surface area contributed by atoms with Gasteiger partial charge in [-0.1, -0.05) is 36.3 Å². The highest BCUT2D eigenvalue weighted by atomic mass is 31.0. The van der Waals surface area contributed by atoms with Gasteiger partial charge in [0.25, 0.3) is 0 Å². The van der Waals surface area contributed by atoms with Gasteiger partial charge in [0, 0.05) is 6.04 Å². The van der Waals surface area contributed by atoms with Crippen LogP contribution in [0.3, 0.4) is 0 Å². The maximum Gasteiger partial charge on any atom is 0.0598 e. The monoisotopic (exact) mass is 233 g/mol. The Kier molecular flexibility index (Phi) is 5.53. The highest BCUT2D eigenvalue weighted by Crippen LogP contribution is 2.16. The Labute approximate surface area is 101 Å². The van der Waals surface area contributed by atoms with Crippen molar-refractivity contribution >= 4 is 9.24 Å². The molecule has 3 unspecified atom stereocenters. The van der Waals surface area contributed by atoms with E-state index in [1.165, 1.54) is 5.56 Å². The minimum Gasteiger partial charge on any atom is -0.292 e. The molecule has 3 atom stereocenters. The average molecular weight is 233 g/mol. The van der Waals surface area contributed by atoms with E-state index in [0.29, 0.717) is 18.2 Å². The summed E-state index contributed by atoms with van der Waals surface area (Å²) < 4.78 is 0. The van der Waals surface area contributed by atoms with Crippen molar-refractivity contribution in [3.05, 3.63) is 35.9 Å². The summed E-state index contributed by atoms with van der Waals surface area (Å²) in [6, 6.07) is 11.0. The summed E-state index contributed by atoms with van der Waals surface area (Å²) in [5.74, 6) is 2.68. The van der Waals surface area contributed by atoms with Gasteiger partial charge in [0.15, 0.2) is 0 Å². The molecule has 0 aliphatic rings. The van der Waals surface area contributed by atoms with Crippen LogP contribution in [0.4, 0.5) is 0 Å². The number of nitrogens with zero attached hydrogens (tertiary/aromatic N) is 1. The predicted molar refractivity (Wildman–Crippen MR) is 74.6 cm³/mol. The van der Waals surface area contributed by atoms with Crippen molar-refractivity contribution in [2.75, 3.05) is 13.6 Å². The van der Waals surface area contributed by atoms with Crippen LogP contribution in [0, 0.1) is 12.3 Å².